The van der Waals surface area contributed by atoms with Gasteiger partial charge in [-0.05, 0) is 13.5 Å². The zero-order chi connectivity index (χ0) is 10.1. The fourth-order valence-corrected chi connectivity index (χ4v) is 2.31. The number of nitrogens with zero attached hydrogens (tertiary/aromatic N) is 2. The highest BCUT2D eigenvalue weighted by molar-refractivity contribution is 5.85. The summed E-state index contributed by atoms with van der Waals surface area (Å²) in [4.78, 5) is 16.2. The molecule has 1 amide bonds. The Labute approximate surface area is 85.2 Å². The summed E-state index contributed by atoms with van der Waals surface area (Å²) < 4.78 is 0. The Balaban J connectivity index is 1.89. The van der Waals surface area contributed by atoms with E-state index in [1.54, 1.807) is 0 Å². The molecule has 1 N–H and O–H groups in total. The maximum absolute atomic E-state index is 12.0. The minimum Gasteiger partial charge on any atom is -0.339 e. The lowest BCUT2D eigenvalue weighted by Gasteiger charge is -2.27. The molecule has 0 saturated carbocycles. The summed E-state index contributed by atoms with van der Waals surface area (Å²) >= 11 is 0. The Morgan fingerprint density at radius 2 is 2.07 bits per heavy atom. The smallest absolute Gasteiger partial charge is 0.241 e. The minimum atomic E-state index is 0.179. The van der Waals surface area contributed by atoms with Crippen LogP contribution in [-0.4, -0.2) is 60.5 Å². The number of amides is 1. The topological polar surface area (TPSA) is 35.4 Å². The average molecular weight is 197 g/mol. The van der Waals surface area contributed by atoms with Gasteiger partial charge in [-0.3, -0.25) is 9.69 Å². The minimum absolute atomic E-state index is 0.179. The number of likely N-dealkylation sites (N-methyl/N-ethyl adjacent to an activating group) is 1. The van der Waals surface area contributed by atoms with Crippen LogP contribution in [0.1, 0.15) is 13.8 Å². The number of rotatable bonds is 2. The summed E-state index contributed by atoms with van der Waals surface area (Å²) in [7, 11) is 0. The first kappa shape index (κ1) is 9.93. The zero-order valence-corrected chi connectivity index (χ0v) is 8.99. The maximum Gasteiger partial charge on any atom is 0.241 e. The van der Waals surface area contributed by atoms with E-state index in [1.807, 2.05) is 4.90 Å². The molecule has 0 radical (unpaired) electrons. The molecular weight excluding hydrogens is 178 g/mol. The van der Waals surface area contributed by atoms with Crippen LogP contribution < -0.4 is 5.32 Å². The van der Waals surface area contributed by atoms with Gasteiger partial charge in [-0.1, -0.05) is 6.92 Å². The van der Waals surface area contributed by atoms with Gasteiger partial charge in [-0.2, -0.15) is 0 Å². The molecule has 3 unspecified atom stereocenters. The lowest BCUT2D eigenvalue weighted by molar-refractivity contribution is -0.132. The SMILES string of the molecule is CCN1C(C)C1C(=O)N1CCNCC1. The molecule has 2 aliphatic rings. The monoisotopic (exact) mass is 197 g/mol. The van der Waals surface area contributed by atoms with Gasteiger partial charge in [-0.15, -0.1) is 0 Å². The predicted octanol–water partition coefficient (Wildman–Crippen LogP) is -0.489. The number of carbonyl (C=O) groups is 1. The highest BCUT2D eigenvalue weighted by Crippen LogP contribution is 2.28. The summed E-state index contributed by atoms with van der Waals surface area (Å²) in [6, 6.07) is 0.639. The van der Waals surface area contributed by atoms with Crippen LogP contribution in [0.2, 0.25) is 0 Å². The Morgan fingerprint density at radius 1 is 1.43 bits per heavy atom. The molecular formula is C10H19N3O. The Kier molecular flexibility index (Phi) is 2.74. The van der Waals surface area contributed by atoms with Gasteiger partial charge in [0.25, 0.3) is 0 Å². The summed E-state index contributed by atoms with van der Waals surface area (Å²) in [6.07, 6.45) is 0. The first-order valence-electron chi connectivity index (χ1n) is 5.51. The van der Waals surface area contributed by atoms with Crippen molar-refractivity contribution in [2.24, 2.45) is 0 Å². The van der Waals surface area contributed by atoms with E-state index in [-0.39, 0.29) is 6.04 Å². The molecule has 2 heterocycles. The van der Waals surface area contributed by atoms with Crippen LogP contribution in [0, 0.1) is 0 Å². The van der Waals surface area contributed by atoms with E-state index in [2.05, 4.69) is 24.1 Å². The second-order valence-corrected chi connectivity index (χ2v) is 4.09. The molecule has 3 atom stereocenters. The third-order valence-electron chi connectivity index (χ3n) is 3.29. The van der Waals surface area contributed by atoms with E-state index in [0.717, 1.165) is 32.7 Å². The van der Waals surface area contributed by atoms with E-state index in [4.69, 9.17) is 0 Å². The van der Waals surface area contributed by atoms with Crippen LogP contribution >= 0.6 is 0 Å². The summed E-state index contributed by atoms with van der Waals surface area (Å²) in [5.41, 5.74) is 0. The van der Waals surface area contributed by atoms with Gasteiger partial charge in [0.2, 0.25) is 5.91 Å². The van der Waals surface area contributed by atoms with Gasteiger partial charge in [0.15, 0.2) is 0 Å². The maximum atomic E-state index is 12.0. The zero-order valence-electron chi connectivity index (χ0n) is 8.99. The lowest BCUT2D eigenvalue weighted by Crippen LogP contribution is -2.48. The van der Waals surface area contributed by atoms with Crippen LogP contribution in [0.5, 0.6) is 0 Å². The lowest BCUT2D eigenvalue weighted by atomic mass is 10.2. The Morgan fingerprint density at radius 3 is 2.57 bits per heavy atom. The Hall–Kier alpha value is -0.610. The number of hydrogen-bond donors (Lipinski definition) is 1. The summed E-state index contributed by atoms with van der Waals surface area (Å²) in [5.74, 6) is 0.334. The molecule has 4 heteroatoms. The molecule has 2 rings (SSSR count). The molecule has 80 valence electrons. The number of nitrogens with one attached hydrogen (secondary N) is 1. The van der Waals surface area contributed by atoms with Crippen molar-refractivity contribution in [1.29, 1.82) is 0 Å². The molecule has 0 aromatic rings. The van der Waals surface area contributed by atoms with Crippen molar-refractivity contribution >= 4 is 5.91 Å². The number of piperazine rings is 1. The largest absolute Gasteiger partial charge is 0.339 e. The van der Waals surface area contributed by atoms with E-state index in [0.29, 0.717) is 11.9 Å². The van der Waals surface area contributed by atoms with Gasteiger partial charge in [-0.25, -0.2) is 0 Å². The molecule has 4 nitrogen and oxygen atoms in total. The average Bonchev–Trinajstić information content (AvgIpc) is 2.89. The van der Waals surface area contributed by atoms with Crippen molar-refractivity contribution < 1.29 is 4.79 Å². The van der Waals surface area contributed by atoms with Crippen molar-refractivity contribution in [2.75, 3.05) is 32.7 Å². The van der Waals surface area contributed by atoms with Crippen LogP contribution in [0.3, 0.4) is 0 Å². The third-order valence-corrected chi connectivity index (χ3v) is 3.29. The van der Waals surface area contributed by atoms with Gasteiger partial charge < -0.3 is 10.2 Å². The van der Waals surface area contributed by atoms with E-state index < -0.39 is 0 Å². The highest BCUT2D eigenvalue weighted by atomic mass is 16.2. The van der Waals surface area contributed by atoms with Gasteiger partial charge >= 0.3 is 0 Å². The third kappa shape index (κ3) is 1.64. The van der Waals surface area contributed by atoms with E-state index in [9.17, 15) is 4.79 Å². The van der Waals surface area contributed by atoms with Crippen molar-refractivity contribution in [3.63, 3.8) is 0 Å². The molecule has 14 heavy (non-hydrogen) atoms. The van der Waals surface area contributed by atoms with Crippen LogP contribution in [0.25, 0.3) is 0 Å². The second kappa shape index (κ2) is 3.87. The first-order valence-corrected chi connectivity index (χ1v) is 5.51. The van der Waals surface area contributed by atoms with E-state index in [1.165, 1.54) is 0 Å². The molecule has 0 spiro atoms. The molecule has 2 aliphatic heterocycles. The summed E-state index contributed by atoms with van der Waals surface area (Å²) in [6.45, 7) is 8.87. The molecule has 0 aromatic carbocycles. The van der Waals surface area contributed by atoms with Gasteiger partial charge in [0, 0.05) is 32.2 Å². The second-order valence-electron chi connectivity index (χ2n) is 4.09. The standard InChI is InChI=1S/C10H19N3O/c1-3-13-8(2)9(13)10(14)12-6-4-11-5-7-12/h8-9,11H,3-7H2,1-2H3. The van der Waals surface area contributed by atoms with Crippen LogP contribution in [0.4, 0.5) is 0 Å². The van der Waals surface area contributed by atoms with Crippen LogP contribution in [0.15, 0.2) is 0 Å². The molecule has 2 fully saturated rings. The van der Waals surface area contributed by atoms with Crippen molar-refractivity contribution in [2.45, 2.75) is 25.9 Å². The fraction of sp³-hybridized carbons (Fsp3) is 0.900. The van der Waals surface area contributed by atoms with Crippen LogP contribution in [-0.2, 0) is 4.79 Å². The number of hydrogen-bond acceptors (Lipinski definition) is 3. The fourth-order valence-electron chi connectivity index (χ4n) is 2.31. The summed E-state index contributed by atoms with van der Waals surface area (Å²) in [5, 5.41) is 3.26. The predicted molar refractivity (Wildman–Crippen MR) is 55.1 cm³/mol. The highest BCUT2D eigenvalue weighted by Gasteiger charge is 2.49. The van der Waals surface area contributed by atoms with E-state index >= 15 is 0 Å². The molecule has 0 aromatic heterocycles. The first-order chi connectivity index (χ1) is 6.75. The molecule has 2 saturated heterocycles. The van der Waals surface area contributed by atoms with Crippen molar-refractivity contribution in [1.82, 2.24) is 15.1 Å². The number of carbonyl (C=O) groups excluding carboxylic acids is 1. The Bertz CT molecular complexity index is 221. The molecule has 0 aliphatic carbocycles. The quantitative estimate of drug-likeness (QED) is 0.607. The van der Waals surface area contributed by atoms with Gasteiger partial charge in [0.05, 0.1) is 0 Å². The van der Waals surface area contributed by atoms with Gasteiger partial charge in [0.1, 0.15) is 6.04 Å². The van der Waals surface area contributed by atoms with Crippen molar-refractivity contribution in [3.05, 3.63) is 0 Å². The molecule has 0 bridgehead atoms. The van der Waals surface area contributed by atoms with Crippen molar-refractivity contribution in [3.8, 4) is 0 Å². The normalized spacial score (nSPS) is 37.0.